The van der Waals surface area contributed by atoms with E-state index in [1.807, 2.05) is 7.05 Å². The zero-order chi connectivity index (χ0) is 15.9. The minimum absolute atomic E-state index is 0.749. The highest BCUT2D eigenvalue weighted by Gasteiger charge is 2.24. The van der Waals surface area contributed by atoms with Gasteiger partial charge in [0.2, 0.25) is 0 Å². The maximum atomic E-state index is 5.49. The van der Waals surface area contributed by atoms with Crippen molar-refractivity contribution in [2.75, 3.05) is 79.2 Å². The van der Waals surface area contributed by atoms with E-state index in [0.717, 1.165) is 64.4 Å². The number of piperazine rings is 1. The molecule has 3 heterocycles. The van der Waals surface area contributed by atoms with Gasteiger partial charge in [-0.25, -0.2) is 0 Å². The largest absolute Gasteiger partial charge is 0.381 e. The summed E-state index contributed by atoms with van der Waals surface area (Å²) in [6.45, 7) is 12.2. The van der Waals surface area contributed by atoms with Gasteiger partial charge in [0.1, 0.15) is 0 Å². The lowest BCUT2D eigenvalue weighted by Crippen LogP contribution is -2.53. The second-order valence-corrected chi connectivity index (χ2v) is 7.04. The molecule has 3 rings (SSSR count). The molecule has 0 amide bonds. The van der Waals surface area contributed by atoms with Crippen molar-refractivity contribution in [3.63, 3.8) is 0 Å². The average Bonchev–Trinajstić information content (AvgIpc) is 3.26. The number of guanidine groups is 1. The molecule has 0 bridgehead atoms. The van der Waals surface area contributed by atoms with E-state index >= 15 is 0 Å². The van der Waals surface area contributed by atoms with Crippen LogP contribution in [0, 0.1) is 5.92 Å². The van der Waals surface area contributed by atoms with Crippen molar-refractivity contribution in [2.45, 2.75) is 19.3 Å². The number of rotatable bonds is 5. The lowest BCUT2D eigenvalue weighted by molar-refractivity contribution is 0.139. The highest BCUT2D eigenvalue weighted by molar-refractivity contribution is 5.80. The molecule has 0 radical (unpaired) electrons. The molecule has 6 nitrogen and oxygen atoms in total. The lowest BCUT2D eigenvalue weighted by atomic mass is 10.1. The first-order chi connectivity index (χ1) is 11.3. The third-order valence-electron chi connectivity index (χ3n) is 5.33. The van der Waals surface area contributed by atoms with Crippen molar-refractivity contribution in [3.05, 3.63) is 0 Å². The highest BCUT2D eigenvalue weighted by atomic mass is 16.5. The van der Waals surface area contributed by atoms with Crippen LogP contribution in [0.1, 0.15) is 19.3 Å². The number of hydrogen-bond donors (Lipinski definition) is 1. The standard InChI is InChI=1S/C17H33N5O/c1-18-17(19-5-8-20-6-2-3-7-20)22-11-9-21(10-12-22)14-16-4-13-23-15-16/h16H,2-15H2,1H3,(H,18,19). The maximum absolute atomic E-state index is 5.49. The third-order valence-corrected chi connectivity index (χ3v) is 5.33. The molecular formula is C17H33N5O. The molecule has 0 aromatic carbocycles. The Labute approximate surface area is 140 Å². The molecule has 1 unspecified atom stereocenters. The molecule has 0 aromatic heterocycles. The number of nitrogens with zero attached hydrogens (tertiary/aromatic N) is 4. The number of hydrogen-bond acceptors (Lipinski definition) is 4. The minimum atomic E-state index is 0.749. The average molecular weight is 323 g/mol. The summed E-state index contributed by atoms with van der Waals surface area (Å²) in [6.07, 6.45) is 3.96. The van der Waals surface area contributed by atoms with E-state index in [1.54, 1.807) is 0 Å². The second-order valence-electron chi connectivity index (χ2n) is 7.04. The summed E-state index contributed by atoms with van der Waals surface area (Å²) in [5, 5.41) is 3.55. The number of aliphatic imine (C=N–C) groups is 1. The normalized spacial score (nSPS) is 27.8. The Morgan fingerprint density at radius 3 is 2.52 bits per heavy atom. The van der Waals surface area contributed by atoms with Crippen molar-refractivity contribution in [2.24, 2.45) is 10.9 Å². The zero-order valence-corrected chi connectivity index (χ0v) is 14.7. The fourth-order valence-corrected chi connectivity index (χ4v) is 3.90. The van der Waals surface area contributed by atoms with Crippen LogP contribution in [-0.2, 0) is 4.74 Å². The van der Waals surface area contributed by atoms with Gasteiger partial charge in [0.25, 0.3) is 0 Å². The van der Waals surface area contributed by atoms with E-state index in [1.165, 1.54) is 38.9 Å². The molecule has 3 aliphatic rings. The first kappa shape index (κ1) is 17.0. The van der Waals surface area contributed by atoms with Gasteiger partial charge in [0.05, 0.1) is 6.61 Å². The number of ether oxygens (including phenoxy) is 1. The molecule has 0 spiro atoms. The van der Waals surface area contributed by atoms with Crippen LogP contribution in [0.25, 0.3) is 0 Å². The lowest BCUT2D eigenvalue weighted by Gasteiger charge is -2.37. The quantitative estimate of drug-likeness (QED) is 0.583. The molecule has 3 aliphatic heterocycles. The minimum Gasteiger partial charge on any atom is -0.381 e. The van der Waals surface area contributed by atoms with Gasteiger partial charge in [-0.3, -0.25) is 9.89 Å². The van der Waals surface area contributed by atoms with E-state index in [4.69, 9.17) is 4.74 Å². The van der Waals surface area contributed by atoms with Gasteiger partial charge in [0, 0.05) is 59.5 Å². The Morgan fingerprint density at radius 1 is 1.09 bits per heavy atom. The molecule has 0 saturated carbocycles. The summed E-state index contributed by atoms with van der Waals surface area (Å²) in [5.41, 5.74) is 0. The van der Waals surface area contributed by atoms with Gasteiger partial charge < -0.3 is 19.9 Å². The Bertz CT molecular complexity index is 369. The Morgan fingerprint density at radius 2 is 1.87 bits per heavy atom. The van der Waals surface area contributed by atoms with Crippen molar-refractivity contribution in [1.29, 1.82) is 0 Å². The smallest absolute Gasteiger partial charge is 0.193 e. The molecule has 1 N–H and O–H groups in total. The Hall–Kier alpha value is -0.850. The van der Waals surface area contributed by atoms with Crippen LogP contribution >= 0.6 is 0 Å². The summed E-state index contributed by atoms with van der Waals surface area (Å²) < 4.78 is 5.49. The topological polar surface area (TPSA) is 43.3 Å². The molecule has 3 fully saturated rings. The van der Waals surface area contributed by atoms with Crippen LogP contribution < -0.4 is 5.32 Å². The van der Waals surface area contributed by atoms with Crippen LogP contribution in [0.2, 0.25) is 0 Å². The van der Waals surface area contributed by atoms with Gasteiger partial charge in [-0.05, 0) is 38.3 Å². The summed E-state index contributed by atoms with van der Waals surface area (Å²) in [4.78, 5) is 12.0. The molecular weight excluding hydrogens is 290 g/mol. The zero-order valence-electron chi connectivity index (χ0n) is 14.7. The van der Waals surface area contributed by atoms with Crippen molar-refractivity contribution in [1.82, 2.24) is 20.0 Å². The molecule has 3 saturated heterocycles. The molecule has 1 atom stereocenters. The van der Waals surface area contributed by atoms with Crippen molar-refractivity contribution < 1.29 is 4.74 Å². The predicted molar refractivity (Wildman–Crippen MR) is 94.0 cm³/mol. The molecule has 0 aliphatic carbocycles. The summed E-state index contributed by atoms with van der Waals surface area (Å²) in [5.74, 6) is 1.83. The molecule has 6 heteroatoms. The van der Waals surface area contributed by atoms with Gasteiger partial charge >= 0.3 is 0 Å². The van der Waals surface area contributed by atoms with Crippen molar-refractivity contribution >= 4 is 5.96 Å². The molecule has 132 valence electrons. The van der Waals surface area contributed by atoms with Crippen LogP contribution in [-0.4, -0.2) is 99.8 Å². The highest BCUT2D eigenvalue weighted by Crippen LogP contribution is 2.15. The van der Waals surface area contributed by atoms with Crippen LogP contribution in [0.5, 0.6) is 0 Å². The van der Waals surface area contributed by atoms with Crippen LogP contribution in [0.4, 0.5) is 0 Å². The van der Waals surface area contributed by atoms with Crippen molar-refractivity contribution in [3.8, 4) is 0 Å². The van der Waals surface area contributed by atoms with Gasteiger partial charge in [-0.1, -0.05) is 0 Å². The van der Waals surface area contributed by atoms with E-state index in [2.05, 4.69) is 25.0 Å². The number of nitrogens with one attached hydrogen (secondary N) is 1. The van der Waals surface area contributed by atoms with Gasteiger partial charge in [0.15, 0.2) is 5.96 Å². The monoisotopic (exact) mass is 323 g/mol. The van der Waals surface area contributed by atoms with Gasteiger partial charge in [-0.15, -0.1) is 0 Å². The number of likely N-dealkylation sites (tertiary alicyclic amines) is 1. The van der Waals surface area contributed by atoms with E-state index in [-0.39, 0.29) is 0 Å². The van der Waals surface area contributed by atoms with E-state index in [9.17, 15) is 0 Å². The SMILES string of the molecule is CN=C(NCCN1CCCC1)N1CCN(CC2CCOC2)CC1. The van der Waals surface area contributed by atoms with Gasteiger partial charge in [-0.2, -0.15) is 0 Å². The first-order valence-electron chi connectivity index (χ1n) is 9.33. The summed E-state index contributed by atoms with van der Waals surface area (Å²) >= 11 is 0. The fourth-order valence-electron chi connectivity index (χ4n) is 3.90. The molecule has 23 heavy (non-hydrogen) atoms. The Kier molecular flexibility index (Phi) is 6.54. The second kappa shape index (κ2) is 8.85. The Balaban J connectivity index is 1.34. The summed E-state index contributed by atoms with van der Waals surface area (Å²) in [7, 11) is 1.90. The molecule has 0 aromatic rings. The fraction of sp³-hybridized carbons (Fsp3) is 0.941. The predicted octanol–water partition coefficient (Wildman–Crippen LogP) is 0.312. The third kappa shape index (κ3) is 5.06. The van der Waals surface area contributed by atoms with E-state index in [0.29, 0.717) is 0 Å². The van der Waals surface area contributed by atoms with Crippen LogP contribution in [0.15, 0.2) is 4.99 Å². The van der Waals surface area contributed by atoms with Crippen LogP contribution in [0.3, 0.4) is 0 Å². The summed E-state index contributed by atoms with van der Waals surface area (Å²) in [6, 6.07) is 0. The maximum Gasteiger partial charge on any atom is 0.193 e. The van der Waals surface area contributed by atoms with E-state index < -0.39 is 0 Å². The first-order valence-corrected chi connectivity index (χ1v) is 9.33.